The van der Waals surface area contributed by atoms with Gasteiger partial charge in [0.1, 0.15) is 29.8 Å². The average Bonchev–Trinajstić information content (AvgIpc) is 3.34. The lowest BCUT2D eigenvalue weighted by atomic mass is 9.70. The third-order valence-electron chi connectivity index (χ3n) is 10.6. The Morgan fingerprint density at radius 2 is 1.84 bits per heavy atom. The monoisotopic (exact) mass is 626 g/mol. The number of ether oxygens (including phenoxy) is 6. The smallest absolute Gasteiger partial charge is 0.316 e. The molecule has 5 rings (SSSR count). The Kier molecular flexibility index (Phi) is 10.6. The van der Waals surface area contributed by atoms with E-state index >= 15 is 0 Å². The number of esters is 1. The van der Waals surface area contributed by atoms with Gasteiger partial charge in [-0.25, -0.2) is 0 Å². The van der Waals surface area contributed by atoms with Crippen LogP contribution >= 0.6 is 0 Å². The van der Waals surface area contributed by atoms with E-state index in [1.807, 2.05) is 32.1 Å². The molecule has 45 heavy (non-hydrogen) atoms. The normalized spacial score (nSPS) is 45.8. The van der Waals surface area contributed by atoms with Crippen molar-refractivity contribution in [2.45, 2.75) is 122 Å². The zero-order chi connectivity index (χ0) is 32.5. The van der Waals surface area contributed by atoms with Gasteiger partial charge in [0.2, 0.25) is 0 Å². The van der Waals surface area contributed by atoms with Crippen molar-refractivity contribution >= 4 is 5.97 Å². The van der Waals surface area contributed by atoms with Gasteiger partial charge in [0.05, 0.1) is 24.9 Å². The van der Waals surface area contributed by atoms with Crippen molar-refractivity contribution < 1.29 is 38.3 Å². The minimum Gasteiger partial charge on any atom is -0.462 e. The van der Waals surface area contributed by atoms with Crippen molar-refractivity contribution in [2.75, 3.05) is 20.3 Å². The lowest BCUT2D eigenvalue weighted by molar-refractivity contribution is -0.300. The molecule has 4 aliphatic heterocycles. The van der Waals surface area contributed by atoms with Crippen LogP contribution in [-0.2, 0) is 33.2 Å². The number of allylic oxidation sites excluding steroid dienone is 2. The van der Waals surface area contributed by atoms with Crippen molar-refractivity contribution in [3.05, 3.63) is 59.3 Å². The minimum atomic E-state index is -1.61. The summed E-state index contributed by atoms with van der Waals surface area (Å²) in [5.74, 6) is -1.79. The minimum absolute atomic E-state index is 0.0140. The standard InChI is InChI=1S/C37H54O8/c1-9-22(3)32-25(6)16-17-36(45-32)20-29-19-28(44-36)15-14-24(5)31(41-10-2)23(4)12-11-13-27-21-42-34-33(40-8)26(7)18-30(35(38)43-29)37(27,34)39/h11-14,16-18,22-23,25,28-34,39H,9-10,15,19-21H2,1-8H3/b12-11+,24-14+,27-13+/t22?,23-,25-,28+,29-,30-,31-,32+,33+,34+,36+,37+/m0/s1. The first-order valence-corrected chi connectivity index (χ1v) is 16.9. The van der Waals surface area contributed by atoms with Gasteiger partial charge in [-0.3, -0.25) is 4.79 Å². The second kappa shape index (κ2) is 14.0. The molecule has 8 nitrogen and oxygen atoms in total. The van der Waals surface area contributed by atoms with Gasteiger partial charge >= 0.3 is 5.97 Å². The molecule has 0 aromatic heterocycles. The second-order valence-corrected chi connectivity index (χ2v) is 13.8. The van der Waals surface area contributed by atoms with Gasteiger partial charge in [0.25, 0.3) is 0 Å². The molecule has 0 amide bonds. The molecular formula is C37H54O8. The molecule has 8 heteroatoms. The van der Waals surface area contributed by atoms with Crippen LogP contribution in [0.2, 0.25) is 0 Å². The average molecular weight is 627 g/mol. The van der Waals surface area contributed by atoms with E-state index in [0.717, 1.165) is 17.6 Å². The Hall–Kier alpha value is -2.07. The van der Waals surface area contributed by atoms with E-state index in [1.165, 1.54) is 0 Å². The summed E-state index contributed by atoms with van der Waals surface area (Å²) in [6.07, 6.45) is 14.6. The summed E-state index contributed by atoms with van der Waals surface area (Å²) in [5, 5.41) is 12.4. The molecule has 1 spiro atoms. The lowest BCUT2D eigenvalue weighted by Crippen LogP contribution is -2.58. The van der Waals surface area contributed by atoms with Crippen LogP contribution in [0, 0.1) is 23.7 Å². The van der Waals surface area contributed by atoms with Crippen molar-refractivity contribution in [3.8, 4) is 0 Å². The Morgan fingerprint density at radius 1 is 1.07 bits per heavy atom. The number of rotatable bonds is 5. The Bertz CT molecular complexity index is 1230. The van der Waals surface area contributed by atoms with Crippen LogP contribution in [0.4, 0.5) is 0 Å². The third-order valence-corrected chi connectivity index (χ3v) is 10.6. The predicted molar refractivity (Wildman–Crippen MR) is 172 cm³/mol. The van der Waals surface area contributed by atoms with Crippen molar-refractivity contribution in [1.82, 2.24) is 0 Å². The van der Waals surface area contributed by atoms with Gasteiger partial charge < -0.3 is 33.5 Å². The molecule has 2 saturated heterocycles. The van der Waals surface area contributed by atoms with Crippen LogP contribution in [0.1, 0.15) is 74.1 Å². The molecular weight excluding hydrogens is 572 g/mol. The number of carbonyl (C=O) groups excluding carboxylic acids is 1. The fourth-order valence-electron chi connectivity index (χ4n) is 7.90. The molecule has 1 unspecified atom stereocenters. The molecule has 0 aromatic rings. The van der Waals surface area contributed by atoms with Gasteiger partial charge in [-0.1, -0.05) is 70.6 Å². The Balaban J connectivity index is 1.57. The molecule has 2 bridgehead atoms. The van der Waals surface area contributed by atoms with Gasteiger partial charge in [0.15, 0.2) is 5.79 Å². The summed E-state index contributed by atoms with van der Waals surface area (Å²) in [7, 11) is 1.60. The van der Waals surface area contributed by atoms with E-state index in [-0.39, 0.29) is 36.8 Å². The number of carbonyl (C=O) groups is 1. The highest BCUT2D eigenvalue weighted by atomic mass is 16.7. The van der Waals surface area contributed by atoms with E-state index in [2.05, 4.69) is 52.8 Å². The van der Waals surface area contributed by atoms with Crippen LogP contribution in [-0.4, -0.2) is 79.4 Å². The van der Waals surface area contributed by atoms with Crippen LogP contribution in [0.5, 0.6) is 0 Å². The van der Waals surface area contributed by atoms with E-state index in [4.69, 9.17) is 28.4 Å². The fraction of sp³-hybridized carbons (Fsp3) is 0.703. The van der Waals surface area contributed by atoms with Gasteiger partial charge in [-0.05, 0) is 55.9 Å². The van der Waals surface area contributed by atoms with Crippen molar-refractivity contribution in [2.24, 2.45) is 23.7 Å². The molecule has 4 heterocycles. The van der Waals surface area contributed by atoms with Gasteiger partial charge in [-0.15, -0.1) is 0 Å². The van der Waals surface area contributed by atoms with E-state index < -0.39 is 41.6 Å². The van der Waals surface area contributed by atoms with Crippen LogP contribution in [0.25, 0.3) is 0 Å². The third kappa shape index (κ3) is 6.69. The zero-order valence-corrected chi connectivity index (χ0v) is 28.4. The Morgan fingerprint density at radius 3 is 2.56 bits per heavy atom. The summed E-state index contributed by atoms with van der Waals surface area (Å²) in [5.41, 5.74) is 0.966. The highest BCUT2D eigenvalue weighted by Crippen LogP contribution is 2.47. The number of aliphatic hydroxyl groups is 1. The number of fused-ring (bicyclic) bond motifs is 2. The molecule has 1 aliphatic carbocycles. The van der Waals surface area contributed by atoms with Gasteiger partial charge in [-0.2, -0.15) is 0 Å². The highest BCUT2D eigenvalue weighted by Gasteiger charge is 2.60. The van der Waals surface area contributed by atoms with Crippen molar-refractivity contribution in [3.63, 3.8) is 0 Å². The molecule has 5 aliphatic rings. The molecule has 250 valence electrons. The van der Waals surface area contributed by atoms with Crippen LogP contribution < -0.4 is 0 Å². The largest absolute Gasteiger partial charge is 0.462 e. The Labute approximate surface area is 269 Å². The highest BCUT2D eigenvalue weighted by molar-refractivity contribution is 5.78. The summed E-state index contributed by atoms with van der Waals surface area (Å²) in [6, 6.07) is 0. The van der Waals surface area contributed by atoms with Crippen molar-refractivity contribution in [1.29, 1.82) is 0 Å². The lowest BCUT2D eigenvalue weighted by Gasteiger charge is -2.48. The number of methoxy groups -OCH3 is 1. The van der Waals surface area contributed by atoms with Crippen LogP contribution in [0.3, 0.4) is 0 Å². The summed E-state index contributed by atoms with van der Waals surface area (Å²) in [4.78, 5) is 14.2. The number of hydrogen-bond donors (Lipinski definition) is 1. The first-order chi connectivity index (χ1) is 21.5. The fourth-order valence-corrected chi connectivity index (χ4v) is 7.90. The van der Waals surface area contributed by atoms with Crippen LogP contribution in [0.15, 0.2) is 59.3 Å². The maximum Gasteiger partial charge on any atom is 0.316 e. The maximum atomic E-state index is 14.2. The first-order valence-electron chi connectivity index (χ1n) is 16.9. The van der Waals surface area contributed by atoms with E-state index in [0.29, 0.717) is 37.4 Å². The molecule has 12 atom stereocenters. The first kappa shape index (κ1) is 34.3. The van der Waals surface area contributed by atoms with Gasteiger partial charge in [0, 0.05) is 38.4 Å². The second-order valence-electron chi connectivity index (χ2n) is 13.8. The van der Waals surface area contributed by atoms with E-state index in [9.17, 15) is 9.90 Å². The maximum absolute atomic E-state index is 14.2. The molecule has 0 saturated carbocycles. The molecule has 0 aromatic carbocycles. The van der Waals surface area contributed by atoms with E-state index in [1.54, 1.807) is 13.2 Å². The quantitative estimate of drug-likeness (QED) is 0.293. The number of hydrogen-bond acceptors (Lipinski definition) is 8. The SMILES string of the molecule is CCO[C@@H]1/C(C)=C/C[C@@H]2C[C@@H](C[C@]3(C=C[C@H](C)[C@@H](C(C)CC)O3)O2)OC(=O)[C@@H]2C=C(C)[C@@H](OC)[C@H]3OC/C(=C\C=C\[C@@H]1C)[C@]32O. The molecule has 2 fully saturated rings. The molecule has 0 radical (unpaired) electrons. The summed E-state index contributed by atoms with van der Waals surface area (Å²) >= 11 is 0. The predicted octanol–water partition coefficient (Wildman–Crippen LogP) is 6.01. The summed E-state index contributed by atoms with van der Waals surface area (Å²) in [6.45, 7) is 15.5. The zero-order valence-electron chi connectivity index (χ0n) is 28.4. The topological polar surface area (TPSA) is 92.7 Å². The summed E-state index contributed by atoms with van der Waals surface area (Å²) < 4.78 is 38.1. The molecule has 1 N–H and O–H groups in total.